The third-order valence-electron chi connectivity index (χ3n) is 4.70. The second-order valence-corrected chi connectivity index (χ2v) is 7.22. The van der Waals surface area contributed by atoms with Crippen LogP contribution >= 0.6 is 0 Å². The molecule has 11 heteroatoms. The van der Waals surface area contributed by atoms with Gasteiger partial charge in [0.2, 0.25) is 0 Å². The largest absolute Gasteiger partial charge is 0.487 e. The van der Waals surface area contributed by atoms with Crippen LogP contribution in [0.15, 0.2) is 48.9 Å². The molecule has 1 fully saturated rings. The van der Waals surface area contributed by atoms with E-state index in [-0.39, 0.29) is 24.5 Å². The summed E-state index contributed by atoms with van der Waals surface area (Å²) in [5.74, 6) is -1.10. The number of rotatable bonds is 5. The molecular weight excluding hydrogens is 430 g/mol. The molecule has 1 saturated heterocycles. The zero-order valence-electron chi connectivity index (χ0n) is 16.7. The smallest absolute Gasteiger partial charge is 0.416 e. The lowest BCUT2D eigenvalue weighted by Gasteiger charge is -2.40. The zero-order valence-corrected chi connectivity index (χ0v) is 16.7. The Labute approximate surface area is 180 Å². The van der Waals surface area contributed by atoms with Crippen molar-refractivity contribution in [3.8, 4) is 5.75 Å². The first-order valence-electron chi connectivity index (χ1n) is 9.53. The summed E-state index contributed by atoms with van der Waals surface area (Å²) >= 11 is 0. The topological polar surface area (TPSA) is 80.2 Å². The number of aromatic nitrogens is 3. The van der Waals surface area contributed by atoms with Crippen molar-refractivity contribution in [2.45, 2.75) is 19.2 Å². The molecule has 7 nitrogen and oxygen atoms in total. The number of ether oxygens (including phenoxy) is 1. The lowest BCUT2D eigenvalue weighted by Crippen LogP contribution is -2.54. The summed E-state index contributed by atoms with van der Waals surface area (Å²) in [7, 11) is 0. The standard InChI is InChI=1S/C21H17F4N5O2/c1-12-2-3-26-17(6-12)29-20(31)18-19(28-5-4-27-18)30-10-16(11-30)32-15-8-13(21(23,24)25)7-14(22)9-15/h2-9,16H,10-11H2,1H3,(H,26,29,31). The van der Waals surface area contributed by atoms with Gasteiger partial charge in [-0.15, -0.1) is 0 Å². The molecule has 0 atom stereocenters. The predicted molar refractivity (Wildman–Crippen MR) is 107 cm³/mol. The van der Waals surface area contributed by atoms with Crippen LogP contribution in [0.25, 0.3) is 0 Å². The van der Waals surface area contributed by atoms with Crippen molar-refractivity contribution in [1.29, 1.82) is 0 Å². The average molecular weight is 447 g/mol. The molecule has 0 spiro atoms. The van der Waals surface area contributed by atoms with Gasteiger partial charge in [0, 0.05) is 24.7 Å². The van der Waals surface area contributed by atoms with Crippen LogP contribution in [0.2, 0.25) is 0 Å². The summed E-state index contributed by atoms with van der Waals surface area (Å²) in [6, 6.07) is 5.55. The van der Waals surface area contributed by atoms with E-state index in [0.29, 0.717) is 17.7 Å². The molecule has 0 saturated carbocycles. The van der Waals surface area contributed by atoms with Crippen molar-refractivity contribution in [1.82, 2.24) is 15.0 Å². The van der Waals surface area contributed by atoms with Crippen molar-refractivity contribution in [3.63, 3.8) is 0 Å². The monoisotopic (exact) mass is 447 g/mol. The van der Waals surface area contributed by atoms with E-state index in [2.05, 4.69) is 20.3 Å². The van der Waals surface area contributed by atoms with E-state index < -0.39 is 29.6 Å². The number of carbonyl (C=O) groups excluding carboxylic acids is 1. The number of nitrogens with zero attached hydrogens (tertiary/aromatic N) is 4. The highest BCUT2D eigenvalue weighted by molar-refractivity contribution is 6.05. The first-order chi connectivity index (χ1) is 15.2. The number of benzene rings is 1. The van der Waals surface area contributed by atoms with Crippen molar-refractivity contribution in [2.24, 2.45) is 0 Å². The van der Waals surface area contributed by atoms with E-state index in [1.807, 2.05) is 6.92 Å². The van der Waals surface area contributed by atoms with Gasteiger partial charge in [0.05, 0.1) is 18.7 Å². The summed E-state index contributed by atoms with van der Waals surface area (Å²) < 4.78 is 57.7. The van der Waals surface area contributed by atoms with Gasteiger partial charge in [-0.25, -0.2) is 19.3 Å². The SMILES string of the molecule is Cc1ccnc(NC(=O)c2nccnc2N2CC(Oc3cc(F)cc(C(F)(F)F)c3)C2)c1. The molecule has 0 radical (unpaired) electrons. The van der Waals surface area contributed by atoms with Gasteiger partial charge < -0.3 is 15.0 Å². The maximum absolute atomic E-state index is 13.6. The Kier molecular flexibility index (Phi) is 5.64. The minimum atomic E-state index is -4.68. The minimum Gasteiger partial charge on any atom is -0.487 e. The second kappa shape index (κ2) is 8.40. The van der Waals surface area contributed by atoms with Gasteiger partial charge in [-0.3, -0.25) is 4.79 Å². The second-order valence-electron chi connectivity index (χ2n) is 7.22. The lowest BCUT2D eigenvalue weighted by molar-refractivity contribution is -0.137. The van der Waals surface area contributed by atoms with E-state index in [1.54, 1.807) is 23.2 Å². The van der Waals surface area contributed by atoms with E-state index in [1.165, 1.54) is 12.4 Å². The molecular formula is C21H17F4N5O2. The normalized spacial score (nSPS) is 14.1. The van der Waals surface area contributed by atoms with Crippen LogP contribution in [0.3, 0.4) is 0 Å². The van der Waals surface area contributed by atoms with Crippen LogP contribution in [-0.4, -0.2) is 40.1 Å². The van der Waals surface area contributed by atoms with Gasteiger partial charge in [0.15, 0.2) is 11.5 Å². The highest BCUT2D eigenvalue weighted by atomic mass is 19.4. The number of hydrogen-bond donors (Lipinski definition) is 1. The third kappa shape index (κ3) is 4.76. The van der Waals surface area contributed by atoms with E-state index in [4.69, 9.17) is 4.74 Å². The highest BCUT2D eigenvalue weighted by Gasteiger charge is 2.35. The summed E-state index contributed by atoms with van der Waals surface area (Å²) in [5.41, 5.74) is -0.135. The Morgan fingerprint density at radius 1 is 1.09 bits per heavy atom. The summed E-state index contributed by atoms with van der Waals surface area (Å²) in [5, 5.41) is 2.66. The van der Waals surface area contributed by atoms with Crippen molar-refractivity contribution in [3.05, 3.63) is 71.6 Å². The van der Waals surface area contributed by atoms with Crippen LogP contribution in [0.4, 0.5) is 29.2 Å². The number of hydrogen-bond acceptors (Lipinski definition) is 6. The van der Waals surface area contributed by atoms with Crippen LogP contribution in [0.1, 0.15) is 21.6 Å². The van der Waals surface area contributed by atoms with Crippen LogP contribution in [0.5, 0.6) is 5.75 Å². The molecule has 32 heavy (non-hydrogen) atoms. The molecule has 1 aliphatic rings. The summed E-state index contributed by atoms with van der Waals surface area (Å²) in [6.45, 7) is 2.33. The van der Waals surface area contributed by atoms with Gasteiger partial charge in [-0.1, -0.05) is 0 Å². The number of nitrogens with one attached hydrogen (secondary N) is 1. The molecule has 1 aliphatic heterocycles. The Morgan fingerprint density at radius 3 is 2.56 bits per heavy atom. The van der Waals surface area contributed by atoms with Crippen LogP contribution in [0, 0.1) is 12.7 Å². The summed E-state index contributed by atoms with van der Waals surface area (Å²) in [4.78, 5) is 26.7. The molecule has 4 rings (SSSR count). The average Bonchev–Trinajstić information content (AvgIpc) is 2.69. The lowest BCUT2D eigenvalue weighted by atomic mass is 10.1. The Bertz CT molecular complexity index is 1150. The molecule has 0 unspecified atom stereocenters. The predicted octanol–water partition coefficient (Wildman–Crippen LogP) is 3.86. The summed E-state index contributed by atoms with van der Waals surface area (Å²) in [6.07, 6.45) is -0.820. The molecule has 3 heterocycles. The number of carbonyl (C=O) groups is 1. The Morgan fingerprint density at radius 2 is 1.84 bits per heavy atom. The molecule has 2 aromatic heterocycles. The molecule has 166 valence electrons. The first-order valence-corrected chi connectivity index (χ1v) is 9.53. The Hall–Kier alpha value is -3.76. The highest BCUT2D eigenvalue weighted by Crippen LogP contribution is 2.33. The van der Waals surface area contributed by atoms with Gasteiger partial charge in [0.25, 0.3) is 5.91 Å². The number of pyridine rings is 1. The fourth-order valence-electron chi connectivity index (χ4n) is 3.17. The zero-order chi connectivity index (χ0) is 22.9. The number of amides is 1. The van der Waals surface area contributed by atoms with Gasteiger partial charge in [0.1, 0.15) is 23.5 Å². The molecule has 1 N–H and O–H groups in total. The van der Waals surface area contributed by atoms with Crippen LogP contribution in [-0.2, 0) is 6.18 Å². The Balaban J connectivity index is 1.43. The molecule has 1 amide bonds. The van der Waals surface area contributed by atoms with Crippen LogP contribution < -0.4 is 15.0 Å². The van der Waals surface area contributed by atoms with Crippen molar-refractivity contribution < 1.29 is 27.1 Å². The fourth-order valence-corrected chi connectivity index (χ4v) is 3.17. The van der Waals surface area contributed by atoms with E-state index in [9.17, 15) is 22.4 Å². The number of alkyl halides is 3. The molecule has 3 aromatic rings. The fraction of sp³-hybridized carbons (Fsp3) is 0.238. The van der Waals surface area contributed by atoms with E-state index >= 15 is 0 Å². The quantitative estimate of drug-likeness (QED) is 0.599. The van der Waals surface area contributed by atoms with Crippen molar-refractivity contribution in [2.75, 3.05) is 23.3 Å². The van der Waals surface area contributed by atoms with Crippen molar-refractivity contribution >= 4 is 17.5 Å². The number of aryl methyl sites for hydroxylation is 1. The van der Waals surface area contributed by atoms with Gasteiger partial charge in [-0.2, -0.15) is 13.2 Å². The number of anilines is 2. The molecule has 0 aliphatic carbocycles. The minimum absolute atomic E-state index is 0.0689. The number of halogens is 4. The first kappa shape index (κ1) is 21.5. The van der Waals surface area contributed by atoms with Gasteiger partial charge in [-0.05, 0) is 36.8 Å². The maximum Gasteiger partial charge on any atom is 0.416 e. The van der Waals surface area contributed by atoms with Gasteiger partial charge >= 0.3 is 6.18 Å². The van der Waals surface area contributed by atoms with E-state index in [0.717, 1.165) is 17.7 Å². The molecule has 1 aromatic carbocycles. The third-order valence-corrected chi connectivity index (χ3v) is 4.70. The maximum atomic E-state index is 13.6. The molecule has 0 bridgehead atoms.